The first-order valence-corrected chi connectivity index (χ1v) is 18.5. The number of fused-ring (bicyclic) bond motifs is 2. The summed E-state index contributed by atoms with van der Waals surface area (Å²) in [6.07, 6.45) is 26.9. The minimum atomic E-state index is 0.174. The van der Waals surface area contributed by atoms with E-state index >= 15 is 0 Å². The van der Waals surface area contributed by atoms with Gasteiger partial charge in [-0.15, -0.1) is 0 Å². The summed E-state index contributed by atoms with van der Waals surface area (Å²) in [5.74, 6) is 5.83. The predicted octanol–water partition coefficient (Wildman–Crippen LogP) is 6.60. The molecule has 0 radical (unpaired) electrons. The van der Waals surface area contributed by atoms with Gasteiger partial charge in [0, 0.05) is 37.6 Å². The Kier molecular flexibility index (Phi) is 10.8. The zero-order chi connectivity index (χ0) is 31.3. The lowest BCUT2D eigenvalue weighted by molar-refractivity contribution is 0.218. The van der Waals surface area contributed by atoms with Crippen LogP contribution in [0.3, 0.4) is 0 Å². The van der Waals surface area contributed by atoms with Gasteiger partial charge in [-0.1, -0.05) is 69.7 Å². The van der Waals surface area contributed by atoms with Crippen molar-refractivity contribution in [2.75, 3.05) is 32.7 Å². The second kappa shape index (κ2) is 15.0. The van der Waals surface area contributed by atoms with E-state index < -0.39 is 0 Å². The summed E-state index contributed by atoms with van der Waals surface area (Å²) < 4.78 is 0. The molecule has 0 aromatic heterocycles. The van der Waals surface area contributed by atoms with Crippen LogP contribution in [0.5, 0.6) is 0 Å². The average molecular weight is 613 g/mol. The van der Waals surface area contributed by atoms with Crippen molar-refractivity contribution in [1.29, 1.82) is 0 Å². The molecule has 6 unspecified atom stereocenters. The van der Waals surface area contributed by atoms with Crippen LogP contribution in [-0.4, -0.2) is 73.5 Å². The van der Waals surface area contributed by atoms with Gasteiger partial charge in [0.1, 0.15) is 11.7 Å². The van der Waals surface area contributed by atoms with Crippen LogP contribution < -0.4 is 16.0 Å². The molecule has 3 N–H and O–H groups in total. The smallest absolute Gasteiger partial charge is 0.115 e. The monoisotopic (exact) mass is 612 g/mol. The van der Waals surface area contributed by atoms with Gasteiger partial charge in [0.25, 0.3) is 0 Å². The minimum absolute atomic E-state index is 0.174. The first kappa shape index (κ1) is 32.5. The number of hydrogen-bond donors (Lipinski definition) is 3. The van der Waals surface area contributed by atoms with Crippen molar-refractivity contribution in [1.82, 2.24) is 20.9 Å². The molecule has 9 atom stereocenters. The Labute approximate surface area is 273 Å². The van der Waals surface area contributed by atoms with Gasteiger partial charge in [-0.25, -0.2) is 0 Å². The van der Waals surface area contributed by atoms with Gasteiger partial charge in [-0.05, 0) is 106 Å². The van der Waals surface area contributed by atoms with Gasteiger partial charge >= 0.3 is 0 Å². The molecule has 6 aliphatic rings. The molecule has 2 saturated carbocycles. The first-order valence-electron chi connectivity index (χ1n) is 18.5. The topological polar surface area (TPSA) is 64.0 Å². The number of nitrogens with zero attached hydrogens (tertiary/aromatic N) is 3. The fourth-order valence-corrected chi connectivity index (χ4v) is 8.41. The molecule has 45 heavy (non-hydrogen) atoms. The van der Waals surface area contributed by atoms with E-state index in [0.29, 0.717) is 23.9 Å². The van der Waals surface area contributed by atoms with Crippen LogP contribution in [0.2, 0.25) is 0 Å². The minimum Gasteiger partial charge on any atom is -0.372 e. The number of hydrogen-bond acceptors (Lipinski definition) is 5. The molecule has 6 nitrogen and oxygen atoms in total. The third-order valence-electron chi connectivity index (χ3n) is 11.4. The fourth-order valence-electron chi connectivity index (χ4n) is 8.41. The molecule has 3 fully saturated rings. The Morgan fingerprint density at radius 3 is 2.67 bits per heavy atom. The normalized spacial score (nSPS) is 38.0. The van der Waals surface area contributed by atoms with Gasteiger partial charge in [-0.3, -0.25) is 14.9 Å². The van der Waals surface area contributed by atoms with E-state index in [1.807, 2.05) is 0 Å². The van der Waals surface area contributed by atoms with Crippen LogP contribution >= 0.6 is 0 Å². The molecule has 6 rings (SSSR count). The molecule has 0 amide bonds. The number of nitrogens with one attached hydrogen (secondary N) is 3. The van der Waals surface area contributed by atoms with E-state index in [1.54, 1.807) is 0 Å². The molecule has 0 aromatic carbocycles. The molecule has 2 heterocycles. The summed E-state index contributed by atoms with van der Waals surface area (Å²) in [5.41, 5.74) is 4.24. The van der Waals surface area contributed by atoms with Crippen molar-refractivity contribution in [3.8, 4) is 0 Å². The van der Waals surface area contributed by atoms with E-state index in [9.17, 15) is 0 Å². The second-order valence-corrected chi connectivity index (χ2v) is 14.9. The van der Waals surface area contributed by atoms with Crippen molar-refractivity contribution in [3.05, 3.63) is 59.3 Å². The number of allylic oxidation sites excluding steroid dienone is 6. The van der Waals surface area contributed by atoms with Crippen LogP contribution in [0.25, 0.3) is 0 Å². The third kappa shape index (κ3) is 8.11. The summed E-state index contributed by atoms with van der Waals surface area (Å²) in [7, 11) is 0. The number of unbranched alkanes of at least 4 members (excludes halogenated alkanes) is 1. The van der Waals surface area contributed by atoms with E-state index in [1.165, 1.54) is 67.6 Å². The van der Waals surface area contributed by atoms with Crippen LogP contribution in [0.4, 0.5) is 0 Å². The third-order valence-corrected chi connectivity index (χ3v) is 11.4. The van der Waals surface area contributed by atoms with Gasteiger partial charge < -0.3 is 16.0 Å². The lowest BCUT2D eigenvalue weighted by atomic mass is 9.82. The highest BCUT2D eigenvalue weighted by Crippen LogP contribution is 2.47. The van der Waals surface area contributed by atoms with Gasteiger partial charge in [0.2, 0.25) is 0 Å². The van der Waals surface area contributed by atoms with E-state index in [4.69, 9.17) is 9.98 Å². The highest BCUT2D eigenvalue weighted by atomic mass is 15.2. The highest BCUT2D eigenvalue weighted by molar-refractivity contribution is 5.89. The molecular weight excluding hydrogens is 552 g/mol. The Morgan fingerprint density at radius 1 is 1.07 bits per heavy atom. The molecule has 1 saturated heterocycles. The molecule has 4 aliphatic carbocycles. The SMILES string of the molecule is CCCCN(C/C(=N/CC)NCC1C=CC(C2C=C3/C=C\C(C)/N=C(/[C@@H]4CC5C(C)C5N4)NCC3=CC2)=CC1)[C@@H]1CC[C@@H](C)C1. The number of piperidine rings is 1. The molecular formula is C39H60N6. The quantitative estimate of drug-likeness (QED) is 0.182. The maximum atomic E-state index is 5.09. The van der Waals surface area contributed by atoms with Crippen LogP contribution in [0, 0.1) is 29.6 Å². The lowest BCUT2D eigenvalue weighted by Crippen LogP contribution is -2.44. The van der Waals surface area contributed by atoms with Gasteiger partial charge in [-0.2, -0.15) is 0 Å². The zero-order valence-electron chi connectivity index (χ0n) is 28.8. The van der Waals surface area contributed by atoms with Crippen LogP contribution in [0.1, 0.15) is 86.0 Å². The summed E-state index contributed by atoms with van der Waals surface area (Å²) >= 11 is 0. The Morgan fingerprint density at radius 2 is 1.96 bits per heavy atom. The first-order chi connectivity index (χ1) is 21.9. The molecule has 0 aromatic rings. The van der Waals surface area contributed by atoms with E-state index in [-0.39, 0.29) is 6.04 Å². The molecule has 246 valence electrons. The van der Waals surface area contributed by atoms with Crippen molar-refractivity contribution in [2.24, 2.45) is 39.6 Å². The van der Waals surface area contributed by atoms with E-state index in [0.717, 1.165) is 68.7 Å². The fraction of sp³-hybridized carbons (Fsp3) is 0.692. The molecule has 0 spiro atoms. The molecule has 6 heteroatoms. The molecule has 2 aliphatic heterocycles. The summed E-state index contributed by atoms with van der Waals surface area (Å²) in [4.78, 5) is 12.7. The molecule has 0 bridgehead atoms. The van der Waals surface area contributed by atoms with Crippen molar-refractivity contribution < 1.29 is 0 Å². The van der Waals surface area contributed by atoms with Crippen molar-refractivity contribution in [2.45, 2.75) is 110 Å². The van der Waals surface area contributed by atoms with Crippen LogP contribution in [-0.2, 0) is 0 Å². The predicted molar refractivity (Wildman–Crippen MR) is 191 cm³/mol. The summed E-state index contributed by atoms with van der Waals surface area (Å²) in [5, 5.41) is 11.4. The van der Waals surface area contributed by atoms with Gasteiger partial charge in [0.15, 0.2) is 0 Å². The number of amidine groups is 2. The maximum Gasteiger partial charge on any atom is 0.115 e. The maximum absolute atomic E-state index is 5.09. The summed E-state index contributed by atoms with van der Waals surface area (Å²) in [6, 6.07) is 1.98. The average Bonchev–Trinajstić information content (AvgIpc) is 3.40. The largest absolute Gasteiger partial charge is 0.372 e. The Hall–Kier alpha value is -2.44. The number of aliphatic imine (C=N–C) groups is 2. The van der Waals surface area contributed by atoms with Gasteiger partial charge in [0.05, 0.1) is 18.6 Å². The van der Waals surface area contributed by atoms with Crippen LogP contribution in [0.15, 0.2) is 69.2 Å². The van der Waals surface area contributed by atoms with Crippen molar-refractivity contribution in [3.63, 3.8) is 0 Å². The highest BCUT2D eigenvalue weighted by Gasteiger charge is 2.54. The Balaban J connectivity index is 1.01. The second-order valence-electron chi connectivity index (χ2n) is 14.9. The Bertz CT molecular complexity index is 1240. The number of rotatable bonds is 11. The summed E-state index contributed by atoms with van der Waals surface area (Å²) in [6.45, 7) is 16.3. The lowest BCUT2D eigenvalue weighted by Gasteiger charge is -2.30. The van der Waals surface area contributed by atoms with E-state index in [2.05, 4.69) is 98.0 Å². The zero-order valence-corrected chi connectivity index (χ0v) is 28.8. The van der Waals surface area contributed by atoms with Crippen molar-refractivity contribution >= 4 is 11.7 Å². The standard InChI is InChI=1S/C39H60N6/c1-6-8-19-45(34-18-9-26(3)20-34)25-37(40-7-2)41-23-29-11-14-30(15-12-29)31-16-17-33-24-42-39(36-22-35-28(5)38(35)44-36)43-27(4)10-13-32(33)21-31/h10-11,13-15,17,21,26-29,31,34-36,38,44H,6-9,12,16,18-20,22-25H2,1-5H3,(H,40,41)(H,42,43)/b13-10-/t26-,27?,28?,29?,31?,34-,35?,36+,38?/m1/s1.